The highest BCUT2D eigenvalue weighted by Crippen LogP contribution is 2.35. The molecule has 3 heterocycles. The lowest BCUT2D eigenvalue weighted by Gasteiger charge is -2.12. The second-order valence-corrected chi connectivity index (χ2v) is 7.35. The number of para-hydroxylation sites is 1. The zero-order chi connectivity index (χ0) is 20.5. The molecule has 0 radical (unpaired) electrons. The van der Waals surface area contributed by atoms with E-state index in [9.17, 15) is 0 Å². The van der Waals surface area contributed by atoms with Crippen molar-refractivity contribution in [2.75, 3.05) is 13.7 Å². The lowest BCUT2D eigenvalue weighted by atomic mass is 10.0. The van der Waals surface area contributed by atoms with Crippen LogP contribution in [0.2, 0.25) is 0 Å². The fraction of sp³-hybridized carbons (Fsp3) is 0.250. The van der Waals surface area contributed by atoms with Gasteiger partial charge in [-0.05, 0) is 36.2 Å². The third-order valence-electron chi connectivity index (χ3n) is 5.48. The SMILES string of the molecule is CC[C@H]1COC(c2cccc(-c3cnc4[nH]nc(-c5ccccc5OC)c4c3)c2)O1. The van der Waals surface area contributed by atoms with Crippen LogP contribution in [0.5, 0.6) is 5.75 Å². The predicted molar refractivity (Wildman–Crippen MR) is 115 cm³/mol. The molecule has 1 aliphatic rings. The summed E-state index contributed by atoms with van der Waals surface area (Å²) in [6, 6.07) is 18.2. The molecule has 1 aliphatic heterocycles. The van der Waals surface area contributed by atoms with E-state index in [1.54, 1.807) is 7.11 Å². The second kappa shape index (κ2) is 7.89. The summed E-state index contributed by atoms with van der Waals surface area (Å²) in [6.45, 7) is 2.74. The molecule has 0 amide bonds. The van der Waals surface area contributed by atoms with E-state index in [1.165, 1.54) is 0 Å². The van der Waals surface area contributed by atoms with Crippen LogP contribution in [0.25, 0.3) is 33.4 Å². The fourth-order valence-corrected chi connectivity index (χ4v) is 3.81. The molecular weight excluding hydrogens is 378 g/mol. The Kier molecular flexibility index (Phi) is 4.94. The van der Waals surface area contributed by atoms with Gasteiger partial charge in [0.15, 0.2) is 11.9 Å². The van der Waals surface area contributed by atoms with Crippen molar-refractivity contribution in [2.45, 2.75) is 25.7 Å². The fourth-order valence-electron chi connectivity index (χ4n) is 3.81. The molecule has 5 rings (SSSR count). The van der Waals surface area contributed by atoms with Crippen LogP contribution in [0, 0.1) is 0 Å². The van der Waals surface area contributed by atoms with Crippen LogP contribution in [0.15, 0.2) is 60.8 Å². The highest BCUT2D eigenvalue weighted by molar-refractivity contribution is 5.94. The zero-order valence-corrected chi connectivity index (χ0v) is 17.0. The number of hydrogen-bond donors (Lipinski definition) is 1. The Bertz CT molecular complexity index is 1190. The summed E-state index contributed by atoms with van der Waals surface area (Å²) in [5.74, 6) is 0.777. The van der Waals surface area contributed by atoms with Crippen LogP contribution >= 0.6 is 0 Å². The van der Waals surface area contributed by atoms with Gasteiger partial charge in [0.25, 0.3) is 0 Å². The Labute approximate surface area is 174 Å². The van der Waals surface area contributed by atoms with Gasteiger partial charge in [-0.25, -0.2) is 4.98 Å². The standard InChI is InChI=1S/C24H23N3O3/c1-3-18-14-29-24(30-18)16-8-6-7-15(11-16)17-12-20-22(26-27-23(20)25-13-17)19-9-4-5-10-21(19)28-2/h4-13,18,24H,3,14H2,1-2H3,(H,25,26,27)/t18-,24?/m0/s1. The molecule has 6 nitrogen and oxygen atoms in total. The van der Waals surface area contributed by atoms with Gasteiger partial charge in [0.05, 0.1) is 19.8 Å². The number of H-pyrrole nitrogens is 1. The summed E-state index contributed by atoms with van der Waals surface area (Å²) in [4.78, 5) is 4.59. The molecule has 2 atom stereocenters. The van der Waals surface area contributed by atoms with Crippen molar-refractivity contribution >= 4 is 11.0 Å². The molecule has 2 aromatic carbocycles. The predicted octanol–water partition coefficient (Wildman–Crippen LogP) is 5.12. The van der Waals surface area contributed by atoms with Crippen LogP contribution in [0.3, 0.4) is 0 Å². The van der Waals surface area contributed by atoms with Gasteiger partial charge in [-0.2, -0.15) is 5.10 Å². The Morgan fingerprint density at radius 2 is 2.00 bits per heavy atom. The van der Waals surface area contributed by atoms with Crippen molar-refractivity contribution in [3.8, 4) is 28.1 Å². The number of nitrogens with zero attached hydrogens (tertiary/aromatic N) is 2. The maximum absolute atomic E-state index is 5.98. The quantitative estimate of drug-likeness (QED) is 0.502. The summed E-state index contributed by atoms with van der Waals surface area (Å²) in [5, 5.41) is 8.47. The Morgan fingerprint density at radius 1 is 1.10 bits per heavy atom. The highest BCUT2D eigenvalue weighted by Gasteiger charge is 2.26. The first-order chi connectivity index (χ1) is 14.8. The summed E-state index contributed by atoms with van der Waals surface area (Å²) in [5.41, 5.74) is 5.57. The van der Waals surface area contributed by atoms with E-state index in [0.717, 1.165) is 51.2 Å². The minimum atomic E-state index is -0.315. The number of methoxy groups -OCH3 is 1. The number of benzene rings is 2. The molecule has 152 valence electrons. The molecule has 0 spiro atoms. The Morgan fingerprint density at radius 3 is 2.83 bits per heavy atom. The number of fused-ring (bicyclic) bond motifs is 1. The van der Waals surface area contributed by atoms with E-state index in [1.807, 2.05) is 42.6 Å². The molecule has 4 aromatic rings. The second-order valence-electron chi connectivity index (χ2n) is 7.35. The maximum atomic E-state index is 5.98. The van der Waals surface area contributed by atoms with Crippen LogP contribution in [-0.2, 0) is 9.47 Å². The molecule has 30 heavy (non-hydrogen) atoms. The number of ether oxygens (including phenoxy) is 3. The van der Waals surface area contributed by atoms with Gasteiger partial charge in [0, 0.05) is 28.3 Å². The molecule has 1 unspecified atom stereocenters. The monoisotopic (exact) mass is 401 g/mol. The van der Waals surface area contributed by atoms with E-state index in [4.69, 9.17) is 14.2 Å². The van der Waals surface area contributed by atoms with E-state index in [0.29, 0.717) is 6.61 Å². The first kappa shape index (κ1) is 18.8. The Balaban J connectivity index is 1.54. The van der Waals surface area contributed by atoms with Crippen molar-refractivity contribution in [2.24, 2.45) is 0 Å². The summed E-state index contributed by atoms with van der Waals surface area (Å²) >= 11 is 0. The van der Waals surface area contributed by atoms with Gasteiger partial charge in [-0.1, -0.05) is 37.3 Å². The molecule has 6 heteroatoms. The van der Waals surface area contributed by atoms with E-state index in [-0.39, 0.29) is 12.4 Å². The summed E-state index contributed by atoms with van der Waals surface area (Å²) < 4.78 is 17.3. The Hall–Kier alpha value is -3.22. The van der Waals surface area contributed by atoms with E-state index in [2.05, 4.69) is 40.3 Å². The van der Waals surface area contributed by atoms with Crippen LogP contribution in [-0.4, -0.2) is 35.0 Å². The maximum Gasteiger partial charge on any atom is 0.184 e. The molecule has 1 fully saturated rings. The topological polar surface area (TPSA) is 69.3 Å². The van der Waals surface area contributed by atoms with E-state index < -0.39 is 0 Å². The minimum Gasteiger partial charge on any atom is -0.496 e. The molecule has 2 aromatic heterocycles. The molecular formula is C24H23N3O3. The first-order valence-electron chi connectivity index (χ1n) is 10.1. The molecule has 0 saturated carbocycles. The summed E-state index contributed by atoms with van der Waals surface area (Å²) in [7, 11) is 1.67. The van der Waals surface area contributed by atoms with Crippen molar-refractivity contribution in [1.29, 1.82) is 0 Å². The number of aromatic amines is 1. The average Bonchev–Trinajstić information content (AvgIpc) is 3.46. The number of pyridine rings is 1. The molecule has 0 aliphatic carbocycles. The van der Waals surface area contributed by atoms with Crippen molar-refractivity contribution in [1.82, 2.24) is 15.2 Å². The van der Waals surface area contributed by atoms with Gasteiger partial charge in [-0.15, -0.1) is 0 Å². The van der Waals surface area contributed by atoms with Crippen LogP contribution < -0.4 is 4.74 Å². The first-order valence-corrected chi connectivity index (χ1v) is 10.1. The highest BCUT2D eigenvalue weighted by atomic mass is 16.7. The van der Waals surface area contributed by atoms with Crippen LogP contribution in [0.1, 0.15) is 25.2 Å². The van der Waals surface area contributed by atoms with E-state index >= 15 is 0 Å². The van der Waals surface area contributed by atoms with Gasteiger partial charge in [-0.3, -0.25) is 5.10 Å². The molecule has 1 N–H and O–H groups in total. The van der Waals surface area contributed by atoms with Crippen molar-refractivity contribution in [3.05, 3.63) is 66.4 Å². The lowest BCUT2D eigenvalue weighted by molar-refractivity contribution is -0.0604. The van der Waals surface area contributed by atoms with Gasteiger partial charge in [0.2, 0.25) is 0 Å². The van der Waals surface area contributed by atoms with Gasteiger partial charge >= 0.3 is 0 Å². The third kappa shape index (κ3) is 3.34. The van der Waals surface area contributed by atoms with Gasteiger partial charge < -0.3 is 14.2 Å². The molecule has 1 saturated heterocycles. The zero-order valence-electron chi connectivity index (χ0n) is 17.0. The molecule has 0 bridgehead atoms. The summed E-state index contributed by atoms with van der Waals surface area (Å²) in [6.07, 6.45) is 2.65. The van der Waals surface area contributed by atoms with Gasteiger partial charge in [0.1, 0.15) is 11.4 Å². The largest absolute Gasteiger partial charge is 0.496 e. The number of hydrogen-bond acceptors (Lipinski definition) is 5. The number of aromatic nitrogens is 3. The minimum absolute atomic E-state index is 0.158. The lowest BCUT2D eigenvalue weighted by Crippen LogP contribution is -2.07. The van der Waals surface area contributed by atoms with Crippen molar-refractivity contribution in [3.63, 3.8) is 0 Å². The number of nitrogens with one attached hydrogen (secondary N) is 1. The van der Waals surface area contributed by atoms with Crippen LogP contribution in [0.4, 0.5) is 0 Å². The number of rotatable bonds is 5. The normalized spacial score (nSPS) is 18.7. The third-order valence-corrected chi connectivity index (χ3v) is 5.48. The smallest absolute Gasteiger partial charge is 0.184 e. The average molecular weight is 401 g/mol. The van der Waals surface area contributed by atoms with Crippen molar-refractivity contribution < 1.29 is 14.2 Å².